The molecular weight excluding hydrogens is 293 g/mol. The molecule has 9 heteroatoms. The second-order valence-corrected chi connectivity index (χ2v) is 5.73. The van der Waals surface area contributed by atoms with E-state index >= 15 is 0 Å². The molecule has 1 saturated heterocycles. The molecule has 1 rings (SSSR count). The molecule has 120 valence electrons. The highest BCUT2D eigenvalue weighted by Crippen LogP contribution is 2.18. The Bertz CT molecular complexity index is 443. The van der Waals surface area contributed by atoms with Crippen LogP contribution in [-0.4, -0.2) is 54.1 Å². The zero-order valence-electron chi connectivity index (χ0n) is 11.9. The Morgan fingerprint density at radius 3 is 2.38 bits per heavy atom. The van der Waals surface area contributed by atoms with E-state index in [2.05, 4.69) is 0 Å². The van der Waals surface area contributed by atoms with E-state index in [1.807, 2.05) is 0 Å². The van der Waals surface area contributed by atoms with Crippen LogP contribution in [0.1, 0.15) is 20.8 Å². The first-order valence-electron chi connectivity index (χ1n) is 6.26. The molecule has 0 aliphatic carbocycles. The van der Waals surface area contributed by atoms with E-state index in [4.69, 9.17) is 4.74 Å². The van der Waals surface area contributed by atoms with Crippen molar-refractivity contribution < 1.29 is 32.3 Å². The summed E-state index contributed by atoms with van der Waals surface area (Å²) in [6.45, 7) is 4.20. The molecule has 1 unspecified atom stereocenters. The molecule has 0 spiro atoms. The van der Waals surface area contributed by atoms with Crippen molar-refractivity contribution in [2.75, 3.05) is 19.6 Å². The molecule has 1 aliphatic rings. The van der Waals surface area contributed by atoms with Crippen molar-refractivity contribution in [1.29, 1.82) is 0 Å². The molecule has 0 radical (unpaired) electrons. The van der Waals surface area contributed by atoms with Gasteiger partial charge in [0.25, 0.3) is 0 Å². The van der Waals surface area contributed by atoms with E-state index in [1.54, 1.807) is 26.1 Å². The lowest BCUT2D eigenvalue weighted by molar-refractivity contribution is -0.173. The number of halogens is 3. The van der Waals surface area contributed by atoms with Crippen LogP contribution in [0.3, 0.4) is 0 Å². The number of carbonyl (C=O) groups excluding carboxylic acids is 3. The Balaban J connectivity index is 2.52. The quantitative estimate of drug-likeness (QED) is 0.829. The Morgan fingerprint density at radius 2 is 1.90 bits per heavy atom. The van der Waals surface area contributed by atoms with Crippen LogP contribution in [-0.2, 0) is 14.3 Å². The first-order valence-corrected chi connectivity index (χ1v) is 6.26. The van der Waals surface area contributed by atoms with Crippen LogP contribution >= 0.6 is 0 Å². The van der Waals surface area contributed by atoms with E-state index in [9.17, 15) is 27.6 Å². The SMILES string of the molecule is CC(C)(C)OC(=O)N1CC(=O)C(CNC(=O)C(F)(F)F)C1. The number of alkyl halides is 3. The normalized spacial score (nSPS) is 19.6. The van der Waals surface area contributed by atoms with Crippen LogP contribution in [0.4, 0.5) is 18.0 Å². The van der Waals surface area contributed by atoms with Crippen molar-refractivity contribution in [2.24, 2.45) is 5.92 Å². The maximum atomic E-state index is 12.0. The van der Waals surface area contributed by atoms with Gasteiger partial charge in [0.2, 0.25) is 0 Å². The molecule has 1 aliphatic heterocycles. The van der Waals surface area contributed by atoms with Crippen LogP contribution in [0, 0.1) is 5.92 Å². The molecular formula is C12H17F3N2O4. The highest BCUT2D eigenvalue weighted by molar-refractivity contribution is 5.90. The van der Waals surface area contributed by atoms with E-state index in [0.717, 1.165) is 4.90 Å². The number of nitrogens with one attached hydrogen (secondary N) is 1. The van der Waals surface area contributed by atoms with Crippen molar-refractivity contribution in [2.45, 2.75) is 32.5 Å². The number of nitrogens with zero attached hydrogens (tertiary/aromatic N) is 1. The predicted octanol–water partition coefficient (Wildman–Crippen LogP) is 1.10. The summed E-state index contributed by atoms with van der Waals surface area (Å²) >= 11 is 0. The maximum absolute atomic E-state index is 12.0. The van der Waals surface area contributed by atoms with Gasteiger partial charge in [0.05, 0.1) is 12.5 Å². The van der Waals surface area contributed by atoms with Gasteiger partial charge in [-0.2, -0.15) is 13.2 Å². The summed E-state index contributed by atoms with van der Waals surface area (Å²) in [4.78, 5) is 35.2. The number of ketones is 1. The summed E-state index contributed by atoms with van der Waals surface area (Å²) in [6, 6.07) is 0. The number of ether oxygens (including phenoxy) is 1. The van der Waals surface area contributed by atoms with Gasteiger partial charge in [-0.15, -0.1) is 0 Å². The fourth-order valence-corrected chi connectivity index (χ4v) is 1.71. The van der Waals surface area contributed by atoms with E-state index in [-0.39, 0.29) is 13.1 Å². The van der Waals surface area contributed by atoms with E-state index in [1.165, 1.54) is 0 Å². The minimum absolute atomic E-state index is 0.0775. The van der Waals surface area contributed by atoms with Crippen molar-refractivity contribution in [1.82, 2.24) is 10.2 Å². The molecule has 0 aromatic rings. The molecule has 1 N–H and O–H groups in total. The smallest absolute Gasteiger partial charge is 0.444 e. The van der Waals surface area contributed by atoms with E-state index < -0.39 is 42.0 Å². The van der Waals surface area contributed by atoms with Crippen molar-refractivity contribution >= 4 is 17.8 Å². The molecule has 6 nitrogen and oxygen atoms in total. The van der Waals surface area contributed by atoms with Gasteiger partial charge in [0.1, 0.15) is 5.60 Å². The topological polar surface area (TPSA) is 75.7 Å². The number of carbonyl (C=O) groups is 3. The number of likely N-dealkylation sites (tertiary alicyclic amines) is 1. The summed E-state index contributed by atoms with van der Waals surface area (Å²) in [5.74, 6) is -3.38. The van der Waals surface area contributed by atoms with E-state index in [0.29, 0.717) is 0 Å². The molecule has 2 amide bonds. The average Bonchev–Trinajstić information content (AvgIpc) is 2.64. The van der Waals surface area contributed by atoms with Crippen molar-refractivity contribution in [3.8, 4) is 0 Å². The molecule has 0 bridgehead atoms. The molecule has 21 heavy (non-hydrogen) atoms. The van der Waals surface area contributed by atoms with Gasteiger partial charge in [-0.05, 0) is 20.8 Å². The van der Waals surface area contributed by atoms with Gasteiger partial charge in [-0.3, -0.25) is 9.59 Å². The molecule has 1 fully saturated rings. The van der Waals surface area contributed by atoms with Gasteiger partial charge in [-0.25, -0.2) is 4.79 Å². The van der Waals surface area contributed by atoms with Gasteiger partial charge in [-0.1, -0.05) is 0 Å². The third-order valence-corrected chi connectivity index (χ3v) is 2.66. The van der Waals surface area contributed by atoms with Gasteiger partial charge in [0.15, 0.2) is 5.78 Å². The summed E-state index contributed by atoms with van der Waals surface area (Å²) in [5.41, 5.74) is -0.733. The lowest BCUT2D eigenvalue weighted by atomic mass is 10.1. The average molecular weight is 310 g/mol. The number of hydrogen-bond acceptors (Lipinski definition) is 4. The first kappa shape index (κ1) is 17.3. The molecule has 0 saturated carbocycles. The fraction of sp³-hybridized carbons (Fsp3) is 0.750. The van der Waals surface area contributed by atoms with Crippen LogP contribution in [0.15, 0.2) is 0 Å². The largest absolute Gasteiger partial charge is 0.471 e. The Kier molecular flexibility index (Phi) is 4.85. The molecule has 1 atom stereocenters. The zero-order chi connectivity index (χ0) is 16.4. The van der Waals surface area contributed by atoms with Gasteiger partial charge >= 0.3 is 18.2 Å². The maximum Gasteiger partial charge on any atom is 0.471 e. The van der Waals surface area contributed by atoms with Crippen LogP contribution < -0.4 is 5.32 Å². The first-order chi connectivity index (χ1) is 9.40. The Hall–Kier alpha value is -1.80. The highest BCUT2D eigenvalue weighted by Gasteiger charge is 2.41. The van der Waals surface area contributed by atoms with Gasteiger partial charge in [0, 0.05) is 13.1 Å². The van der Waals surface area contributed by atoms with Crippen LogP contribution in [0.5, 0.6) is 0 Å². The standard InChI is InChI=1S/C12H17F3N2O4/c1-11(2,3)21-10(20)17-5-7(8(18)6-17)4-16-9(19)12(13,14)15/h7H,4-6H2,1-3H3,(H,16,19). The number of hydrogen-bond donors (Lipinski definition) is 1. The minimum Gasteiger partial charge on any atom is -0.444 e. The predicted molar refractivity (Wildman–Crippen MR) is 65.4 cm³/mol. The Labute approximate surface area is 119 Å². The molecule has 0 aromatic carbocycles. The van der Waals surface area contributed by atoms with Crippen molar-refractivity contribution in [3.05, 3.63) is 0 Å². The molecule has 0 aromatic heterocycles. The fourth-order valence-electron chi connectivity index (χ4n) is 1.71. The minimum atomic E-state index is -4.99. The second kappa shape index (κ2) is 5.90. The summed E-state index contributed by atoms with van der Waals surface area (Å²) in [7, 11) is 0. The Morgan fingerprint density at radius 1 is 1.33 bits per heavy atom. The van der Waals surface area contributed by atoms with Crippen molar-refractivity contribution in [3.63, 3.8) is 0 Å². The summed E-state index contributed by atoms with van der Waals surface area (Å²) < 4.78 is 41.2. The lowest BCUT2D eigenvalue weighted by Crippen LogP contribution is -2.41. The molecule has 1 heterocycles. The van der Waals surface area contributed by atoms with Crippen LogP contribution in [0.25, 0.3) is 0 Å². The summed E-state index contributed by atoms with van der Waals surface area (Å²) in [6.07, 6.45) is -5.70. The number of Topliss-reactive ketones (excluding diaryl/α,β-unsaturated/α-hetero) is 1. The third-order valence-electron chi connectivity index (χ3n) is 2.66. The zero-order valence-corrected chi connectivity index (χ0v) is 11.9. The second-order valence-electron chi connectivity index (χ2n) is 5.73. The third kappa shape index (κ3) is 5.24. The number of amides is 2. The highest BCUT2D eigenvalue weighted by atomic mass is 19.4. The monoisotopic (exact) mass is 310 g/mol. The van der Waals surface area contributed by atoms with Gasteiger partial charge < -0.3 is 15.0 Å². The lowest BCUT2D eigenvalue weighted by Gasteiger charge is -2.24. The summed E-state index contributed by atoms with van der Waals surface area (Å²) in [5, 5.41) is 1.64. The van der Waals surface area contributed by atoms with Crippen LogP contribution in [0.2, 0.25) is 0 Å². The number of rotatable bonds is 2.